The molecule has 0 radical (unpaired) electrons. The summed E-state index contributed by atoms with van der Waals surface area (Å²) in [5, 5.41) is 11.0. The number of nitrogens with zero attached hydrogens (tertiary/aromatic N) is 18. The fourth-order valence-corrected chi connectivity index (χ4v) is 11.1. The Kier molecular flexibility index (Phi) is 41.5. The van der Waals surface area contributed by atoms with Gasteiger partial charge in [-0.1, -0.05) is 59.1 Å². The summed E-state index contributed by atoms with van der Waals surface area (Å²) in [7, 11) is 3.02. The summed E-state index contributed by atoms with van der Waals surface area (Å²) >= 11 is 50.2. The first-order valence-electron chi connectivity index (χ1n) is 39.8. The summed E-state index contributed by atoms with van der Waals surface area (Å²) in [5.41, 5.74) is -7.33. The Morgan fingerprint density at radius 3 is 0.779 bits per heavy atom. The molecule has 0 fully saturated rings. The summed E-state index contributed by atoms with van der Waals surface area (Å²) in [6.45, 7) is 39.6. The largest absolute Gasteiger partial charge is 1.00 e. The number of aromatic nitrogens is 18. The van der Waals surface area contributed by atoms with E-state index in [2.05, 4.69) is 89.7 Å². The molecule has 11 aromatic rings. The molecule has 0 N–H and O–H groups in total. The van der Waals surface area contributed by atoms with E-state index in [1.165, 1.54) is 78.3 Å². The van der Waals surface area contributed by atoms with Crippen molar-refractivity contribution in [2.45, 2.75) is 217 Å². The third-order valence-corrected chi connectivity index (χ3v) is 17.7. The molecular formula is C88H95Cl9F3N18NaO17. The number of carboxylic acid groups (broad SMARTS) is 1. The van der Waals surface area contributed by atoms with Crippen LogP contribution in [-0.2, 0) is 42.9 Å². The maximum absolute atomic E-state index is 14.1. The summed E-state index contributed by atoms with van der Waals surface area (Å²) in [4.78, 5) is 132. The van der Waals surface area contributed by atoms with E-state index in [9.17, 15) is 42.3 Å². The normalized spacial score (nSPS) is 11.6. The molecule has 6 aromatic heterocycles. The molecule has 724 valence electrons. The van der Waals surface area contributed by atoms with Crippen LogP contribution in [0.3, 0.4) is 0 Å². The molecule has 0 saturated heterocycles. The van der Waals surface area contributed by atoms with Crippen LogP contribution >= 0.6 is 104 Å². The van der Waals surface area contributed by atoms with Crippen LogP contribution in [0.2, 0.25) is 46.8 Å². The number of halogens is 12. The van der Waals surface area contributed by atoms with Gasteiger partial charge in [0.2, 0.25) is 54.1 Å². The monoisotopic (exact) mass is 2070 g/mol. The van der Waals surface area contributed by atoms with Crippen LogP contribution in [0.5, 0.6) is 41.6 Å². The average Bonchev–Trinajstić information content (AvgIpc) is 0.799. The number of benzene rings is 5. The van der Waals surface area contributed by atoms with E-state index in [0.717, 1.165) is 6.07 Å². The minimum Gasteiger partial charge on any atom is -0.546 e. The number of methoxy groups -OCH3 is 2. The molecular weight excluding hydrogens is 1980 g/mol. The number of aryl methyl sites for hydroxylation is 2. The van der Waals surface area contributed by atoms with Gasteiger partial charge in [-0.25, -0.2) is 52.3 Å². The molecule has 0 unspecified atom stereocenters. The molecule has 0 aliphatic carbocycles. The minimum absolute atomic E-state index is 0. The number of ether oxygens (including phenoxy) is 11. The third-order valence-electron chi connectivity index (χ3n) is 15.8. The van der Waals surface area contributed by atoms with E-state index in [1.807, 2.05) is 6.07 Å². The number of rotatable bonds is 22. The van der Waals surface area contributed by atoms with Crippen molar-refractivity contribution in [1.82, 2.24) is 89.7 Å². The van der Waals surface area contributed by atoms with Crippen LogP contribution in [0.4, 0.5) is 13.2 Å². The quantitative estimate of drug-likeness (QED) is 0.0345. The van der Waals surface area contributed by atoms with Crippen LogP contribution in [0.25, 0.3) is 56.9 Å². The van der Waals surface area contributed by atoms with E-state index >= 15 is 0 Å². The molecule has 136 heavy (non-hydrogen) atoms. The van der Waals surface area contributed by atoms with E-state index < -0.39 is 97.7 Å². The number of carboxylic acids is 1. The van der Waals surface area contributed by atoms with Gasteiger partial charge in [-0.15, -0.1) is 0 Å². The van der Waals surface area contributed by atoms with Crippen LogP contribution < -0.4 is 67.8 Å². The molecule has 0 aliphatic rings. The Balaban J connectivity index is 0.000000296. The van der Waals surface area contributed by atoms with E-state index in [1.54, 1.807) is 193 Å². The van der Waals surface area contributed by atoms with E-state index in [-0.39, 0.29) is 136 Å². The smallest absolute Gasteiger partial charge is 0.546 e. The Morgan fingerprint density at radius 2 is 0.515 bits per heavy atom. The molecule has 11 rings (SSSR count). The summed E-state index contributed by atoms with van der Waals surface area (Å²) in [6, 6.07) is 26.0. The van der Waals surface area contributed by atoms with E-state index in [4.69, 9.17) is 157 Å². The van der Waals surface area contributed by atoms with Crippen LogP contribution in [0, 0.1) is 31.3 Å². The van der Waals surface area contributed by atoms with Crippen molar-refractivity contribution in [3.8, 4) is 98.5 Å². The summed E-state index contributed by atoms with van der Waals surface area (Å²) < 4.78 is 102. The first-order valence-corrected chi connectivity index (χ1v) is 43.2. The zero-order chi connectivity index (χ0) is 102. The molecule has 48 heteroatoms. The Morgan fingerprint density at radius 1 is 0.287 bits per heavy atom. The number of hydrogen-bond acceptors (Lipinski definition) is 35. The zero-order valence-corrected chi connectivity index (χ0v) is 87.6. The number of aliphatic carboxylic acids is 1. The van der Waals surface area contributed by atoms with Gasteiger partial charge in [0.1, 0.15) is 68.6 Å². The van der Waals surface area contributed by atoms with Gasteiger partial charge < -0.3 is 62.0 Å². The molecule has 0 spiro atoms. The second-order valence-corrected chi connectivity index (χ2v) is 37.6. The van der Waals surface area contributed by atoms with Crippen molar-refractivity contribution in [2.75, 3.05) is 14.2 Å². The Labute approximate surface area is 849 Å². The van der Waals surface area contributed by atoms with Gasteiger partial charge in [0.05, 0.1) is 46.4 Å². The molecule has 0 amide bonds. The van der Waals surface area contributed by atoms with Gasteiger partial charge in [0.25, 0.3) is 0 Å². The number of hydrogen-bond donors (Lipinski definition) is 0. The summed E-state index contributed by atoms with van der Waals surface area (Å²) in [5.74, 6) is -2.92. The van der Waals surface area contributed by atoms with E-state index in [0.29, 0.717) is 51.0 Å². The molecule has 0 bridgehead atoms. The average molecular weight is 2080 g/mol. The maximum Gasteiger partial charge on any atom is 1.00 e. The SMILES string of the molecule is CC(C)(C)OC(=O)C(C)(C)Oc1nc(Cl)nc(Cl)n1.COc1ccccc1-c1nc(OC(C)(C)C(=O)OC(C)(C)C)nc(-c2ccc(Cl)c(F)c2)n1.COc1ccccc1-c1nc(OC(C)(C)C(=O)[O-])nc(-c2ccc(Cl)c(F)c2)n1.Cc1nc(Cl)nc(OC(C)(C)C(=O)OC(C)(C)C)n1.Cc1nc(OC(C)(C)C(=O)OC(C)(C)C)nc(-c2ccc(Cl)c(F)c2)n1.Clc1nc(Cl)nc(Cl)n1.[Na+]. The summed E-state index contributed by atoms with van der Waals surface area (Å²) in [6.07, 6.45) is 0. The molecule has 35 nitrogen and oxygen atoms in total. The molecule has 0 saturated carbocycles. The van der Waals surface area contributed by atoms with Gasteiger partial charge in [-0.05, 0) is 315 Å². The Hall–Kier alpha value is -10.5. The van der Waals surface area contributed by atoms with Crippen molar-refractivity contribution in [1.29, 1.82) is 0 Å². The number of esters is 4. The number of carbonyl (C=O) groups excluding carboxylic acids is 5. The van der Waals surface area contributed by atoms with Crippen LogP contribution in [-0.4, -0.2) is 184 Å². The van der Waals surface area contributed by atoms with Crippen molar-refractivity contribution in [3.05, 3.63) is 179 Å². The standard InChI is InChI=1S/C24H25ClFN3O4.C20H17ClFN3O4.C18H21ClFN3O3.C12H18ClN3O3.C11H15Cl2N3O3.C3Cl3N3.Na/c1-23(2,3)32-21(30)24(4,5)33-22-28-19(14-11-12-16(25)17(26)13-14)27-20(29-22)15-9-7-8-10-18(15)31-6;1-20(2,18(26)27)29-19-24-16(11-8-9-13(21)14(22)10-11)23-17(25-19)12-6-4-5-7-15(12)28-3;1-10-21-14(11-7-8-12(19)13(20)9-11)23-16(22-10)26-18(5,6)15(24)25-17(2,3)4;1-7-14-9(13)16-10(15-7)19-12(5,6)8(17)18-11(2,3)4;1-10(2,3)18-6(17)11(4,5)19-9-15-7(12)14-8(13)16-9;4-1-7-2(5)9-3(6)8-1;/h7-13H,1-6H3;4-10H,1-3H3,(H,26,27);7-9H,1-6H3;1-6H3;1-5H3;;/q;;;;;;+1/p-1. The zero-order valence-electron chi connectivity index (χ0n) is 78.8. The predicted molar refractivity (Wildman–Crippen MR) is 496 cm³/mol. The topological polar surface area (TPSA) is 442 Å². The number of carbonyl (C=O) groups is 5. The van der Waals surface area contributed by atoms with Crippen molar-refractivity contribution in [3.63, 3.8) is 0 Å². The van der Waals surface area contributed by atoms with Gasteiger partial charge >= 0.3 is 83.5 Å². The second-order valence-electron chi connectivity index (χ2n) is 34.4. The maximum atomic E-state index is 14.1. The first kappa shape index (κ1) is 116. The molecule has 0 atom stereocenters. The minimum atomic E-state index is -1.71. The molecule has 0 aliphatic heterocycles. The predicted octanol–water partition coefficient (Wildman–Crippen LogP) is 16.4. The van der Waals surface area contributed by atoms with Gasteiger partial charge in [-0.2, -0.15) is 69.8 Å². The molecule has 5 aromatic carbocycles. The van der Waals surface area contributed by atoms with Gasteiger partial charge in [0, 0.05) is 16.7 Å². The van der Waals surface area contributed by atoms with Gasteiger partial charge in [-0.3, -0.25) is 0 Å². The van der Waals surface area contributed by atoms with Gasteiger partial charge in [0.15, 0.2) is 29.1 Å². The Bertz CT molecular complexity index is 5900. The fourth-order valence-electron chi connectivity index (χ4n) is 9.58. The third kappa shape index (κ3) is 37.8. The number of para-hydroxylation sites is 2. The van der Waals surface area contributed by atoms with Crippen molar-refractivity contribution in [2.24, 2.45) is 0 Å². The van der Waals surface area contributed by atoms with Crippen molar-refractivity contribution < 1.29 is 124 Å². The van der Waals surface area contributed by atoms with Crippen LogP contribution in [0.15, 0.2) is 103 Å². The molecule has 6 heterocycles. The fraction of sp³-hybridized carbons (Fsp3) is 0.398. The van der Waals surface area contributed by atoms with Crippen LogP contribution in [0.1, 0.15) is 164 Å². The van der Waals surface area contributed by atoms with Crippen molar-refractivity contribution >= 4 is 134 Å². The first-order chi connectivity index (χ1) is 62.1. The second kappa shape index (κ2) is 48.7.